The van der Waals surface area contributed by atoms with E-state index in [9.17, 15) is 8.42 Å². The standard InChI is InChI=1S/C11H24N4O2S/c1-3-10(2)14-11(12)13-4-5-15-6-8-18(16,17)9-7-15/h10H,3-9H2,1-2H3,(H3,12,13,14). The Labute approximate surface area is 110 Å². The normalized spacial score (nSPS) is 22.7. The number of rotatable bonds is 5. The van der Waals surface area contributed by atoms with E-state index in [0.29, 0.717) is 31.6 Å². The molecule has 1 aliphatic rings. The maximum absolute atomic E-state index is 11.2. The van der Waals surface area contributed by atoms with Crippen LogP contribution in [-0.4, -0.2) is 63.0 Å². The van der Waals surface area contributed by atoms with Gasteiger partial charge in [0.2, 0.25) is 0 Å². The van der Waals surface area contributed by atoms with Crippen molar-refractivity contribution in [2.75, 3.05) is 37.7 Å². The molecule has 0 aromatic carbocycles. The maximum Gasteiger partial charge on any atom is 0.188 e. The van der Waals surface area contributed by atoms with Gasteiger partial charge in [0.15, 0.2) is 15.8 Å². The molecule has 1 rings (SSSR count). The van der Waals surface area contributed by atoms with E-state index in [1.807, 2.05) is 0 Å². The minimum absolute atomic E-state index is 0.261. The molecule has 0 saturated carbocycles. The summed E-state index contributed by atoms with van der Waals surface area (Å²) in [6, 6.07) is 0.328. The van der Waals surface area contributed by atoms with E-state index in [4.69, 9.17) is 5.73 Å². The number of guanidine groups is 1. The second-order valence-electron chi connectivity index (χ2n) is 4.71. The molecule has 0 aromatic heterocycles. The lowest BCUT2D eigenvalue weighted by atomic mass is 10.3. The Morgan fingerprint density at radius 3 is 2.61 bits per heavy atom. The van der Waals surface area contributed by atoms with Gasteiger partial charge >= 0.3 is 0 Å². The lowest BCUT2D eigenvalue weighted by Crippen LogP contribution is -2.42. The second kappa shape index (κ2) is 6.94. The number of nitrogens with two attached hydrogens (primary N) is 1. The molecule has 1 unspecified atom stereocenters. The molecular formula is C11H24N4O2S. The van der Waals surface area contributed by atoms with Crippen molar-refractivity contribution in [1.29, 1.82) is 0 Å². The fourth-order valence-electron chi connectivity index (χ4n) is 1.69. The van der Waals surface area contributed by atoms with Crippen LogP contribution in [0.3, 0.4) is 0 Å². The van der Waals surface area contributed by atoms with Crippen molar-refractivity contribution in [2.24, 2.45) is 10.7 Å². The molecule has 0 radical (unpaired) electrons. The summed E-state index contributed by atoms with van der Waals surface area (Å²) in [5.41, 5.74) is 5.73. The van der Waals surface area contributed by atoms with E-state index in [1.54, 1.807) is 0 Å². The second-order valence-corrected chi connectivity index (χ2v) is 7.02. The van der Waals surface area contributed by atoms with Gasteiger partial charge in [0, 0.05) is 25.7 Å². The lowest BCUT2D eigenvalue weighted by Gasteiger charge is -2.25. The predicted octanol–water partition coefficient (Wildman–Crippen LogP) is -0.580. The van der Waals surface area contributed by atoms with Crippen LogP contribution in [0.1, 0.15) is 20.3 Å². The summed E-state index contributed by atoms with van der Waals surface area (Å²) in [7, 11) is -2.79. The van der Waals surface area contributed by atoms with Crippen molar-refractivity contribution in [2.45, 2.75) is 26.3 Å². The Kier molecular flexibility index (Phi) is 5.87. The van der Waals surface area contributed by atoms with Crippen LogP contribution in [-0.2, 0) is 9.84 Å². The monoisotopic (exact) mass is 276 g/mol. The summed E-state index contributed by atoms with van der Waals surface area (Å²) in [5, 5.41) is 3.09. The Balaban J connectivity index is 2.24. The molecule has 0 aromatic rings. The molecule has 1 saturated heterocycles. The Morgan fingerprint density at radius 2 is 2.06 bits per heavy atom. The molecule has 106 valence electrons. The summed E-state index contributed by atoms with van der Waals surface area (Å²) in [6.07, 6.45) is 1.00. The summed E-state index contributed by atoms with van der Waals surface area (Å²) in [4.78, 5) is 6.35. The minimum Gasteiger partial charge on any atom is -0.370 e. The Bertz CT molecular complexity index is 367. The third-order valence-electron chi connectivity index (χ3n) is 3.14. The SMILES string of the molecule is CCC(C)NC(N)=NCCN1CCS(=O)(=O)CC1. The summed E-state index contributed by atoms with van der Waals surface area (Å²) < 4.78 is 22.5. The number of aliphatic imine (C=N–C) groups is 1. The number of hydrogen-bond donors (Lipinski definition) is 2. The molecule has 7 heteroatoms. The van der Waals surface area contributed by atoms with Crippen LogP contribution in [0.5, 0.6) is 0 Å². The molecule has 1 atom stereocenters. The van der Waals surface area contributed by atoms with Crippen molar-refractivity contribution in [3.63, 3.8) is 0 Å². The molecule has 1 fully saturated rings. The van der Waals surface area contributed by atoms with Gasteiger partial charge in [0.25, 0.3) is 0 Å². The molecule has 6 nitrogen and oxygen atoms in total. The van der Waals surface area contributed by atoms with Crippen LogP contribution >= 0.6 is 0 Å². The van der Waals surface area contributed by atoms with E-state index < -0.39 is 9.84 Å². The highest BCUT2D eigenvalue weighted by molar-refractivity contribution is 7.91. The van der Waals surface area contributed by atoms with Gasteiger partial charge in [0.05, 0.1) is 18.1 Å². The van der Waals surface area contributed by atoms with Crippen LogP contribution in [0.25, 0.3) is 0 Å². The van der Waals surface area contributed by atoms with Gasteiger partial charge in [-0.1, -0.05) is 6.92 Å². The average Bonchev–Trinajstić information content (AvgIpc) is 2.31. The fourth-order valence-corrected chi connectivity index (χ4v) is 2.96. The first-order valence-corrected chi connectivity index (χ1v) is 8.24. The summed E-state index contributed by atoms with van der Waals surface area (Å²) in [5.74, 6) is 0.989. The van der Waals surface area contributed by atoms with Crippen molar-refractivity contribution < 1.29 is 8.42 Å². The molecular weight excluding hydrogens is 252 g/mol. The zero-order valence-corrected chi connectivity index (χ0v) is 12.0. The summed E-state index contributed by atoms with van der Waals surface area (Å²) in [6.45, 7) is 6.72. The minimum atomic E-state index is -2.79. The fraction of sp³-hybridized carbons (Fsp3) is 0.909. The largest absolute Gasteiger partial charge is 0.370 e. The van der Waals surface area contributed by atoms with E-state index in [0.717, 1.165) is 13.0 Å². The first-order chi connectivity index (χ1) is 8.43. The quantitative estimate of drug-likeness (QED) is 0.518. The topological polar surface area (TPSA) is 87.8 Å². The average molecular weight is 276 g/mol. The number of nitrogens with one attached hydrogen (secondary N) is 1. The number of nitrogens with zero attached hydrogens (tertiary/aromatic N) is 2. The maximum atomic E-state index is 11.2. The van der Waals surface area contributed by atoms with Gasteiger partial charge in [-0.25, -0.2) is 8.42 Å². The van der Waals surface area contributed by atoms with Gasteiger partial charge < -0.3 is 11.1 Å². The zero-order chi connectivity index (χ0) is 13.6. The predicted molar refractivity (Wildman–Crippen MR) is 74.5 cm³/mol. The Hall–Kier alpha value is -0.820. The highest BCUT2D eigenvalue weighted by Crippen LogP contribution is 2.02. The molecule has 18 heavy (non-hydrogen) atoms. The van der Waals surface area contributed by atoms with E-state index >= 15 is 0 Å². The molecule has 0 aliphatic carbocycles. The highest BCUT2D eigenvalue weighted by atomic mass is 32.2. The summed E-state index contributed by atoms with van der Waals surface area (Å²) >= 11 is 0. The van der Waals surface area contributed by atoms with Crippen molar-refractivity contribution in [3.05, 3.63) is 0 Å². The molecule has 1 heterocycles. The number of hydrogen-bond acceptors (Lipinski definition) is 4. The van der Waals surface area contributed by atoms with E-state index in [1.165, 1.54) is 0 Å². The van der Waals surface area contributed by atoms with Gasteiger partial charge in [-0.05, 0) is 13.3 Å². The first-order valence-electron chi connectivity index (χ1n) is 6.42. The van der Waals surface area contributed by atoms with Crippen molar-refractivity contribution >= 4 is 15.8 Å². The smallest absolute Gasteiger partial charge is 0.188 e. The first kappa shape index (κ1) is 15.2. The highest BCUT2D eigenvalue weighted by Gasteiger charge is 2.20. The molecule has 0 amide bonds. The van der Waals surface area contributed by atoms with Crippen molar-refractivity contribution in [1.82, 2.24) is 10.2 Å². The molecule has 0 spiro atoms. The van der Waals surface area contributed by atoms with Crippen LogP contribution in [0, 0.1) is 0 Å². The van der Waals surface area contributed by atoms with E-state index in [2.05, 4.69) is 29.1 Å². The van der Waals surface area contributed by atoms with Crippen LogP contribution in [0.4, 0.5) is 0 Å². The molecule has 3 N–H and O–H groups in total. The van der Waals surface area contributed by atoms with Gasteiger partial charge in [-0.15, -0.1) is 0 Å². The van der Waals surface area contributed by atoms with Crippen molar-refractivity contribution in [3.8, 4) is 0 Å². The molecule has 0 bridgehead atoms. The van der Waals surface area contributed by atoms with Crippen LogP contribution in [0.15, 0.2) is 4.99 Å². The zero-order valence-electron chi connectivity index (χ0n) is 11.2. The van der Waals surface area contributed by atoms with Crippen LogP contribution < -0.4 is 11.1 Å². The Morgan fingerprint density at radius 1 is 1.44 bits per heavy atom. The van der Waals surface area contributed by atoms with Crippen LogP contribution in [0.2, 0.25) is 0 Å². The lowest BCUT2D eigenvalue weighted by molar-refractivity contribution is 0.304. The third-order valence-corrected chi connectivity index (χ3v) is 4.75. The number of sulfone groups is 1. The van der Waals surface area contributed by atoms with E-state index in [-0.39, 0.29) is 11.5 Å². The van der Waals surface area contributed by atoms with Gasteiger partial charge in [0.1, 0.15) is 0 Å². The van der Waals surface area contributed by atoms with Gasteiger partial charge in [-0.2, -0.15) is 0 Å². The third kappa shape index (κ3) is 5.68. The van der Waals surface area contributed by atoms with Gasteiger partial charge in [-0.3, -0.25) is 9.89 Å². The molecule has 1 aliphatic heterocycles.